The normalized spacial score (nSPS) is 20.1. The van der Waals surface area contributed by atoms with Crippen molar-refractivity contribution in [1.29, 1.82) is 0 Å². The number of methoxy groups -OCH3 is 1. The van der Waals surface area contributed by atoms with Crippen LogP contribution in [-0.2, 0) is 4.74 Å². The Morgan fingerprint density at radius 3 is 2.95 bits per heavy atom. The quantitative estimate of drug-likeness (QED) is 0.796. The van der Waals surface area contributed by atoms with Gasteiger partial charge in [0.2, 0.25) is 0 Å². The van der Waals surface area contributed by atoms with Gasteiger partial charge in [-0.15, -0.1) is 0 Å². The van der Waals surface area contributed by atoms with Crippen molar-refractivity contribution in [3.8, 4) is 0 Å². The van der Waals surface area contributed by atoms with Gasteiger partial charge in [-0.2, -0.15) is 0 Å². The average molecular weight is 284 g/mol. The molecule has 106 valence electrons. The summed E-state index contributed by atoms with van der Waals surface area (Å²) in [6.45, 7) is 7.09. The topological polar surface area (TPSA) is 38.2 Å². The zero-order chi connectivity index (χ0) is 13.8. The van der Waals surface area contributed by atoms with Gasteiger partial charge in [-0.25, -0.2) is 9.97 Å². The molecule has 0 radical (unpaired) electrons. The Hall–Kier alpha value is -0.870. The van der Waals surface area contributed by atoms with Crippen LogP contribution in [0.2, 0.25) is 5.15 Å². The van der Waals surface area contributed by atoms with Crippen LogP contribution in [0.15, 0.2) is 6.33 Å². The Morgan fingerprint density at radius 2 is 2.26 bits per heavy atom. The lowest BCUT2D eigenvalue weighted by molar-refractivity contribution is 0.143. The van der Waals surface area contributed by atoms with Crippen molar-refractivity contribution in [2.75, 3.05) is 31.7 Å². The van der Waals surface area contributed by atoms with E-state index >= 15 is 0 Å². The smallest absolute Gasteiger partial charge is 0.138 e. The van der Waals surface area contributed by atoms with Crippen molar-refractivity contribution in [1.82, 2.24) is 9.97 Å². The maximum absolute atomic E-state index is 6.24. The van der Waals surface area contributed by atoms with Crippen LogP contribution in [0.25, 0.3) is 0 Å². The molecule has 4 nitrogen and oxygen atoms in total. The first kappa shape index (κ1) is 14.5. The van der Waals surface area contributed by atoms with E-state index in [2.05, 4.69) is 28.7 Å². The molecule has 19 heavy (non-hydrogen) atoms. The van der Waals surface area contributed by atoms with Gasteiger partial charge >= 0.3 is 0 Å². The lowest BCUT2D eigenvalue weighted by Gasteiger charge is -2.34. The van der Waals surface area contributed by atoms with Gasteiger partial charge in [-0.05, 0) is 24.7 Å². The first-order valence-corrected chi connectivity index (χ1v) is 7.25. The van der Waals surface area contributed by atoms with Gasteiger partial charge in [-0.1, -0.05) is 25.4 Å². The van der Waals surface area contributed by atoms with Crippen LogP contribution in [0.5, 0.6) is 0 Å². The summed E-state index contributed by atoms with van der Waals surface area (Å²) in [5.41, 5.74) is 1.06. The maximum atomic E-state index is 6.24. The summed E-state index contributed by atoms with van der Waals surface area (Å²) in [5.74, 6) is 1.90. The third-order valence-electron chi connectivity index (χ3n) is 3.61. The molecule has 5 heteroatoms. The fourth-order valence-electron chi connectivity index (χ4n) is 2.74. The molecule has 0 aliphatic carbocycles. The molecule has 0 N–H and O–H groups in total. The highest BCUT2D eigenvalue weighted by Gasteiger charge is 2.24. The third kappa shape index (κ3) is 3.37. The zero-order valence-corrected chi connectivity index (χ0v) is 12.7. The van der Waals surface area contributed by atoms with Crippen LogP contribution < -0.4 is 4.90 Å². The predicted molar refractivity (Wildman–Crippen MR) is 77.9 cm³/mol. The minimum Gasteiger partial charge on any atom is -0.384 e. The molecule has 1 saturated heterocycles. The average Bonchev–Trinajstić information content (AvgIpc) is 2.38. The third-order valence-corrected chi connectivity index (χ3v) is 3.91. The number of piperidine rings is 1. The van der Waals surface area contributed by atoms with E-state index in [9.17, 15) is 0 Å². The molecule has 2 rings (SSSR count). The molecule has 0 aromatic carbocycles. The Morgan fingerprint density at radius 1 is 1.47 bits per heavy atom. The predicted octanol–water partition coefficient (Wildman–Crippen LogP) is 3.12. The Balaban J connectivity index is 2.23. The highest BCUT2D eigenvalue weighted by Crippen LogP contribution is 2.32. The molecule has 1 aliphatic rings. The second-order valence-corrected chi connectivity index (χ2v) is 5.82. The fraction of sp³-hybridized carbons (Fsp3) is 0.714. The fourth-order valence-corrected chi connectivity index (χ4v) is 3.09. The molecule has 1 aliphatic heterocycles. The summed E-state index contributed by atoms with van der Waals surface area (Å²) < 4.78 is 5.28. The van der Waals surface area contributed by atoms with Gasteiger partial charge in [0.15, 0.2) is 0 Å². The number of halogens is 1. The van der Waals surface area contributed by atoms with E-state index in [0.717, 1.165) is 31.1 Å². The number of aromatic nitrogens is 2. The number of hydrogen-bond donors (Lipinski definition) is 0. The molecule has 1 aromatic heterocycles. The lowest BCUT2D eigenvalue weighted by atomic mass is 9.97. The van der Waals surface area contributed by atoms with Crippen LogP contribution in [0.3, 0.4) is 0 Å². The molecule has 1 unspecified atom stereocenters. The summed E-state index contributed by atoms with van der Waals surface area (Å²) in [6, 6.07) is 0. The van der Waals surface area contributed by atoms with Crippen molar-refractivity contribution in [3.05, 3.63) is 17.0 Å². The second kappa shape index (κ2) is 6.53. The van der Waals surface area contributed by atoms with Gasteiger partial charge in [0.1, 0.15) is 17.3 Å². The molecule has 1 atom stereocenters. The minimum atomic E-state index is 0.325. The van der Waals surface area contributed by atoms with Crippen molar-refractivity contribution in [3.63, 3.8) is 0 Å². The Bertz CT molecular complexity index is 423. The second-order valence-electron chi connectivity index (χ2n) is 5.47. The van der Waals surface area contributed by atoms with Crippen LogP contribution in [0.4, 0.5) is 5.82 Å². The monoisotopic (exact) mass is 283 g/mol. The van der Waals surface area contributed by atoms with E-state index in [1.165, 1.54) is 12.8 Å². The number of nitrogens with zero attached hydrogens (tertiary/aromatic N) is 3. The Kier molecular flexibility index (Phi) is 4.99. The van der Waals surface area contributed by atoms with E-state index in [0.29, 0.717) is 17.0 Å². The number of anilines is 1. The van der Waals surface area contributed by atoms with E-state index in [1.807, 2.05) is 0 Å². The van der Waals surface area contributed by atoms with E-state index in [1.54, 1.807) is 13.4 Å². The Labute approximate surface area is 120 Å². The van der Waals surface area contributed by atoms with Gasteiger partial charge < -0.3 is 9.64 Å². The summed E-state index contributed by atoms with van der Waals surface area (Å²) in [7, 11) is 1.76. The number of rotatable bonds is 4. The summed E-state index contributed by atoms with van der Waals surface area (Å²) >= 11 is 6.24. The van der Waals surface area contributed by atoms with Gasteiger partial charge in [-0.3, -0.25) is 0 Å². The van der Waals surface area contributed by atoms with Crippen molar-refractivity contribution < 1.29 is 4.74 Å². The lowest BCUT2D eigenvalue weighted by Crippen LogP contribution is -2.38. The molecule has 1 aromatic rings. The molecule has 1 fully saturated rings. The highest BCUT2D eigenvalue weighted by molar-refractivity contribution is 6.30. The van der Waals surface area contributed by atoms with Crippen molar-refractivity contribution in [2.45, 2.75) is 32.6 Å². The number of ether oxygens (including phenoxy) is 1. The van der Waals surface area contributed by atoms with Gasteiger partial charge in [0.05, 0.1) is 6.61 Å². The molecule has 0 bridgehead atoms. The van der Waals surface area contributed by atoms with Crippen LogP contribution in [0.1, 0.15) is 38.2 Å². The summed E-state index contributed by atoms with van der Waals surface area (Å²) in [5, 5.41) is 0.578. The van der Waals surface area contributed by atoms with E-state index in [4.69, 9.17) is 16.3 Å². The first-order valence-electron chi connectivity index (χ1n) is 6.87. The highest BCUT2D eigenvalue weighted by atomic mass is 35.5. The van der Waals surface area contributed by atoms with E-state index in [-0.39, 0.29) is 0 Å². The summed E-state index contributed by atoms with van der Waals surface area (Å²) in [4.78, 5) is 10.9. The standard InChI is InChI=1S/C14H22ClN3O/c1-10(2)12-13(15)16-9-17-14(12)18-6-4-5-11(7-18)8-19-3/h9-11H,4-8H2,1-3H3. The largest absolute Gasteiger partial charge is 0.384 e. The maximum Gasteiger partial charge on any atom is 0.138 e. The van der Waals surface area contributed by atoms with Crippen molar-refractivity contribution >= 4 is 17.4 Å². The van der Waals surface area contributed by atoms with Gasteiger partial charge in [0.25, 0.3) is 0 Å². The molecule has 0 saturated carbocycles. The number of hydrogen-bond acceptors (Lipinski definition) is 4. The molecular formula is C14H22ClN3O. The molecule has 0 amide bonds. The molecule has 2 heterocycles. The summed E-state index contributed by atoms with van der Waals surface area (Å²) in [6.07, 6.45) is 3.96. The van der Waals surface area contributed by atoms with Crippen molar-refractivity contribution in [2.24, 2.45) is 5.92 Å². The van der Waals surface area contributed by atoms with Crippen LogP contribution >= 0.6 is 11.6 Å². The zero-order valence-electron chi connectivity index (χ0n) is 11.9. The molecular weight excluding hydrogens is 262 g/mol. The SMILES string of the molecule is COCC1CCCN(c2ncnc(Cl)c2C(C)C)C1. The van der Waals surface area contributed by atoms with Gasteiger partial charge in [0, 0.05) is 25.8 Å². The van der Waals surface area contributed by atoms with Crippen LogP contribution in [0, 0.1) is 5.92 Å². The first-order chi connectivity index (χ1) is 9.13. The molecule has 0 spiro atoms. The van der Waals surface area contributed by atoms with E-state index < -0.39 is 0 Å². The minimum absolute atomic E-state index is 0.325. The van der Waals surface area contributed by atoms with Crippen LogP contribution in [-0.4, -0.2) is 36.8 Å².